The van der Waals surface area contributed by atoms with Crippen LogP contribution in [0.4, 0.5) is 19.0 Å². The normalized spacial score (nSPS) is 18.9. The van der Waals surface area contributed by atoms with E-state index < -0.39 is 6.36 Å². The molecule has 0 atom stereocenters. The van der Waals surface area contributed by atoms with Crippen molar-refractivity contribution in [2.24, 2.45) is 0 Å². The predicted octanol–water partition coefficient (Wildman–Crippen LogP) is 5.59. The molecular weight excluding hydrogens is 419 g/mol. The predicted molar refractivity (Wildman–Crippen MR) is 117 cm³/mol. The Labute approximate surface area is 184 Å². The molecule has 2 aromatic carbocycles. The van der Waals surface area contributed by atoms with E-state index in [0.29, 0.717) is 5.56 Å². The molecule has 3 aromatic rings. The summed E-state index contributed by atoms with van der Waals surface area (Å²) in [5, 5.41) is 7.63. The molecule has 0 unspecified atom stereocenters. The SMILES string of the molecule is Cc1cc(NC2CCC(NC(=O)c3ccc(OC(F)(F)F)cc3)CC2)nc2ccccc12. The van der Waals surface area contributed by atoms with Gasteiger partial charge in [-0.3, -0.25) is 4.79 Å². The van der Waals surface area contributed by atoms with Gasteiger partial charge in [0.1, 0.15) is 11.6 Å². The Balaban J connectivity index is 1.29. The van der Waals surface area contributed by atoms with E-state index in [1.54, 1.807) is 0 Å². The zero-order valence-corrected chi connectivity index (χ0v) is 17.6. The van der Waals surface area contributed by atoms with Gasteiger partial charge in [-0.2, -0.15) is 0 Å². The summed E-state index contributed by atoms with van der Waals surface area (Å²) in [6.45, 7) is 2.07. The molecule has 1 aliphatic carbocycles. The van der Waals surface area contributed by atoms with Gasteiger partial charge < -0.3 is 15.4 Å². The lowest BCUT2D eigenvalue weighted by molar-refractivity contribution is -0.274. The number of amides is 1. The topological polar surface area (TPSA) is 63.2 Å². The summed E-state index contributed by atoms with van der Waals surface area (Å²) in [7, 11) is 0. The second-order valence-electron chi connectivity index (χ2n) is 8.08. The van der Waals surface area contributed by atoms with Crippen molar-refractivity contribution in [3.63, 3.8) is 0 Å². The number of halogens is 3. The molecule has 5 nitrogen and oxygen atoms in total. The van der Waals surface area contributed by atoms with E-state index in [-0.39, 0.29) is 23.7 Å². The Kier molecular flexibility index (Phi) is 6.21. The number of pyridine rings is 1. The first-order chi connectivity index (χ1) is 15.3. The standard InChI is InChI=1S/C24H24F3N3O2/c1-15-14-22(30-21-5-3-2-4-20(15)21)28-17-8-10-18(11-9-17)29-23(31)16-6-12-19(13-7-16)32-24(25,26)27/h2-7,12-14,17-18H,8-11H2,1H3,(H,28,30)(H,29,31). The zero-order chi connectivity index (χ0) is 22.7. The summed E-state index contributed by atoms with van der Waals surface area (Å²) < 4.78 is 40.6. The maximum Gasteiger partial charge on any atom is 0.573 e. The van der Waals surface area contributed by atoms with Crippen LogP contribution >= 0.6 is 0 Å². The van der Waals surface area contributed by atoms with Gasteiger partial charge in [0, 0.05) is 23.0 Å². The minimum absolute atomic E-state index is 0.0259. The highest BCUT2D eigenvalue weighted by atomic mass is 19.4. The van der Waals surface area contributed by atoms with Crippen molar-refractivity contribution in [1.82, 2.24) is 10.3 Å². The lowest BCUT2D eigenvalue weighted by atomic mass is 9.91. The van der Waals surface area contributed by atoms with Crippen LogP contribution in [0.5, 0.6) is 5.75 Å². The quantitative estimate of drug-likeness (QED) is 0.539. The Morgan fingerprint density at radius 3 is 2.34 bits per heavy atom. The first-order valence-electron chi connectivity index (χ1n) is 10.6. The van der Waals surface area contributed by atoms with Gasteiger partial charge in [0.05, 0.1) is 5.52 Å². The third-order valence-electron chi connectivity index (χ3n) is 5.69. The first-order valence-corrected chi connectivity index (χ1v) is 10.6. The highest BCUT2D eigenvalue weighted by molar-refractivity contribution is 5.94. The van der Waals surface area contributed by atoms with E-state index in [0.717, 1.165) is 54.5 Å². The number of hydrogen-bond donors (Lipinski definition) is 2. The van der Waals surface area contributed by atoms with Gasteiger partial charge in [-0.05, 0) is 74.6 Å². The number of benzene rings is 2. The molecule has 1 amide bonds. The summed E-state index contributed by atoms with van der Waals surface area (Å²) in [5.74, 6) is 0.208. The molecule has 2 N–H and O–H groups in total. The number of carbonyl (C=O) groups is 1. The fraction of sp³-hybridized carbons (Fsp3) is 0.333. The summed E-state index contributed by atoms with van der Waals surface area (Å²) in [6.07, 6.45) is -1.36. The summed E-state index contributed by atoms with van der Waals surface area (Å²) >= 11 is 0. The molecule has 32 heavy (non-hydrogen) atoms. The van der Waals surface area contributed by atoms with Crippen molar-refractivity contribution in [3.8, 4) is 5.75 Å². The molecule has 168 valence electrons. The number of nitrogens with zero attached hydrogens (tertiary/aromatic N) is 1. The van der Waals surface area contributed by atoms with Gasteiger partial charge in [-0.1, -0.05) is 18.2 Å². The maximum atomic E-state index is 12.4. The van der Waals surface area contributed by atoms with E-state index in [2.05, 4.69) is 34.4 Å². The fourth-order valence-electron chi connectivity index (χ4n) is 4.09. The summed E-state index contributed by atoms with van der Waals surface area (Å²) in [5.41, 5.74) is 2.43. The lowest BCUT2D eigenvalue weighted by Crippen LogP contribution is -2.40. The van der Waals surface area contributed by atoms with Crippen LogP contribution in [0.15, 0.2) is 54.6 Å². The molecule has 0 spiro atoms. The number of alkyl halides is 3. The first kappa shape index (κ1) is 21.9. The minimum atomic E-state index is -4.75. The van der Waals surface area contributed by atoms with Crippen molar-refractivity contribution in [2.45, 2.75) is 51.1 Å². The summed E-state index contributed by atoms with van der Waals surface area (Å²) in [4.78, 5) is 17.1. The lowest BCUT2D eigenvalue weighted by Gasteiger charge is -2.30. The largest absolute Gasteiger partial charge is 0.573 e. The highest BCUT2D eigenvalue weighted by Crippen LogP contribution is 2.26. The number of carbonyl (C=O) groups excluding carboxylic acids is 1. The third kappa shape index (κ3) is 5.49. The van der Waals surface area contributed by atoms with E-state index in [1.165, 1.54) is 17.7 Å². The van der Waals surface area contributed by atoms with Crippen molar-refractivity contribution in [2.75, 3.05) is 5.32 Å². The Bertz CT molecular complexity index is 1090. The van der Waals surface area contributed by atoms with E-state index >= 15 is 0 Å². The summed E-state index contributed by atoms with van der Waals surface area (Å²) in [6, 6.07) is 15.3. The number of hydrogen-bond acceptors (Lipinski definition) is 4. The molecule has 0 aliphatic heterocycles. The molecule has 1 saturated carbocycles. The molecule has 1 heterocycles. The second kappa shape index (κ2) is 9.06. The molecule has 4 rings (SSSR count). The number of nitrogens with one attached hydrogen (secondary N) is 2. The zero-order valence-electron chi connectivity index (χ0n) is 17.6. The van der Waals surface area contributed by atoms with Gasteiger partial charge in [0.25, 0.3) is 5.91 Å². The Hall–Kier alpha value is -3.29. The molecule has 1 aliphatic rings. The number of anilines is 1. The van der Waals surface area contributed by atoms with Crippen LogP contribution < -0.4 is 15.4 Å². The van der Waals surface area contributed by atoms with Gasteiger partial charge in [-0.25, -0.2) is 4.98 Å². The molecule has 0 bridgehead atoms. The number of ether oxygens (including phenoxy) is 1. The molecular formula is C24H24F3N3O2. The van der Waals surface area contributed by atoms with Gasteiger partial charge in [0.15, 0.2) is 0 Å². The third-order valence-corrected chi connectivity index (χ3v) is 5.69. The Morgan fingerprint density at radius 2 is 1.66 bits per heavy atom. The average molecular weight is 443 g/mol. The van der Waals surface area contributed by atoms with E-state index in [4.69, 9.17) is 4.98 Å². The van der Waals surface area contributed by atoms with Crippen LogP contribution in [0, 0.1) is 6.92 Å². The number of aryl methyl sites for hydroxylation is 1. The monoisotopic (exact) mass is 443 g/mol. The maximum absolute atomic E-state index is 12.4. The van der Waals surface area contributed by atoms with Crippen molar-refractivity contribution in [3.05, 3.63) is 65.7 Å². The van der Waals surface area contributed by atoms with Crippen LogP contribution in [0.2, 0.25) is 0 Å². The van der Waals surface area contributed by atoms with Gasteiger partial charge in [-0.15, -0.1) is 13.2 Å². The van der Waals surface area contributed by atoms with Gasteiger partial charge >= 0.3 is 6.36 Å². The van der Waals surface area contributed by atoms with E-state index in [1.807, 2.05) is 18.2 Å². The molecule has 8 heteroatoms. The van der Waals surface area contributed by atoms with E-state index in [9.17, 15) is 18.0 Å². The molecule has 0 radical (unpaired) electrons. The van der Waals surface area contributed by atoms with Crippen molar-refractivity contribution in [1.29, 1.82) is 0 Å². The van der Waals surface area contributed by atoms with Crippen LogP contribution in [-0.4, -0.2) is 29.3 Å². The second-order valence-corrected chi connectivity index (χ2v) is 8.08. The van der Waals surface area contributed by atoms with Crippen LogP contribution in [0.25, 0.3) is 10.9 Å². The Morgan fingerprint density at radius 1 is 1.00 bits per heavy atom. The number of rotatable bonds is 5. The van der Waals surface area contributed by atoms with Crippen molar-refractivity contribution >= 4 is 22.6 Å². The van der Waals surface area contributed by atoms with Crippen molar-refractivity contribution < 1.29 is 22.7 Å². The highest BCUT2D eigenvalue weighted by Gasteiger charge is 2.31. The van der Waals surface area contributed by atoms with Crippen LogP contribution in [0.1, 0.15) is 41.6 Å². The smallest absolute Gasteiger partial charge is 0.406 e. The van der Waals surface area contributed by atoms with Crippen LogP contribution in [0.3, 0.4) is 0 Å². The molecule has 0 saturated heterocycles. The fourth-order valence-corrected chi connectivity index (χ4v) is 4.09. The number of aromatic nitrogens is 1. The van der Waals surface area contributed by atoms with Crippen LogP contribution in [-0.2, 0) is 0 Å². The minimum Gasteiger partial charge on any atom is -0.406 e. The average Bonchev–Trinajstić information content (AvgIpc) is 2.74. The van der Waals surface area contributed by atoms with Gasteiger partial charge in [0.2, 0.25) is 0 Å². The molecule has 1 aromatic heterocycles. The molecule has 1 fully saturated rings. The number of fused-ring (bicyclic) bond motifs is 1. The number of para-hydroxylation sites is 1.